The highest BCUT2D eigenvalue weighted by Gasteiger charge is 2.12. The van der Waals surface area contributed by atoms with Crippen LogP contribution >= 0.6 is 15.9 Å². The van der Waals surface area contributed by atoms with Crippen molar-refractivity contribution in [3.8, 4) is 0 Å². The van der Waals surface area contributed by atoms with E-state index in [0.717, 1.165) is 0 Å². The van der Waals surface area contributed by atoms with Crippen LogP contribution in [0.4, 0.5) is 10.1 Å². The Hall–Kier alpha value is -3.00. The number of halogens is 2. The third-order valence-corrected chi connectivity index (χ3v) is 3.95. The molecular formula is C19H17BrFN3O3. The van der Waals surface area contributed by atoms with Crippen LogP contribution in [-0.4, -0.2) is 24.3 Å². The minimum atomic E-state index is -0.526. The van der Waals surface area contributed by atoms with E-state index >= 15 is 0 Å². The van der Waals surface area contributed by atoms with Gasteiger partial charge in [-0.25, -0.2) is 4.39 Å². The number of rotatable bonds is 7. The zero-order chi connectivity index (χ0) is 19.8. The molecule has 0 aliphatic carbocycles. The maximum atomic E-state index is 13.7. The average Bonchev–Trinajstić information content (AvgIpc) is 2.62. The molecule has 3 amide bonds. The molecule has 8 heteroatoms. The molecule has 0 atom stereocenters. The number of nitrogens with one attached hydrogen (secondary N) is 2. The largest absolute Gasteiger partial charge is 0.370 e. The lowest BCUT2D eigenvalue weighted by molar-refractivity contribution is -0.118. The number of primary amides is 1. The smallest absolute Gasteiger partial charge is 0.253 e. The van der Waals surface area contributed by atoms with Gasteiger partial charge in [0.1, 0.15) is 5.82 Å². The summed E-state index contributed by atoms with van der Waals surface area (Å²) in [5.41, 5.74) is 5.80. The zero-order valence-corrected chi connectivity index (χ0v) is 15.8. The Balaban J connectivity index is 2.07. The molecule has 0 bridgehead atoms. The summed E-state index contributed by atoms with van der Waals surface area (Å²) in [7, 11) is 0. The number of carbonyl (C=O) groups is 3. The Labute approximate surface area is 163 Å². The van der Waals surface area contributed by atoms with Gasteiger partial charge in [-0.05, 0) is 36.4 Å². The fourth-order valence-corrected chi connectivity index (χ4v) is 2.55. The van der Waals surface area contributed by atoms with Crippen LogP contribution in [0.5, 0.6) is 0 Å². The van der Waals surface area contributed by atoms with Gasteiger partial charge in [0.15, 0.2) is 0 Å². The molecule has 0 unspecified atom stereocenters. The number of benzene rings is 2. The SMILES string of the molecule is NC(=O)CCNC(=O)c1ccccc1NC(=O)/C=C/c1cc(Br)ccc1F. The van der Waals surface area contributed by atoms with Crippen molar-refractivity contribution in [3.63, 3.8) is 0 Å². The van der Waals surface area contributed by atoms with E-state index in [0.29, 0.717) is 10.2 Å². The molecule has 0 heterocycles. The van der Waals surface area contributed by atoms with Crippen LogP contribution in [0.2, 0.25) is 0 Å². The van der Waals surface area contributed by atoms with E-state index in [9.17, 15) is 18.8 Å². The molecule has 0 spiro atoms. The summed E-state index contributed by atoms with van der Waals surface area (Å²) in [6, 6.07) is 10.8. The van der Waals surface area contributed by atoms with Crippen LogP contribution in [-0.2, 0) is 9.59 Å². The molecule has 2 aromatic carbocycles. The van der Waals surface area contributed by atoms with Crippen LogP contribution in [0.3, 0.4) is 0 Å². The van der Waals surface area contributed by atoms with Crippen molar-refractivity contribution in [2.45, 2.75) is 6.42 Å². The van der Waals surface area contributed by atoms with Crippen LogP contribution in [0, 0.1) is 5.82 Å². The van der Waals surface area contributed by atoms with Crippen LogP contribution in [0.15, 0.2) is 53.0 Å². The van der Waals surface area contributed by atoms with Gasteiger partial charge in [0.05, 0.1) is 11.3 Å². The minimum Gasteiger partial charge on any atom is -0.370 e. The molecule has 4 N–H and O–H groups in total. The van der Waals surface area contributed by atoms with Gasteiger partial charge in [0, 0.05) is 29.1 Å². The molecule has 0 saturated heterocycles. The fourth-order valence-electron chi connectivity index (χ4n) is 2.17. The molecule has 0 aromatic heterocycles. The highest BCUT2D eigenvalue weighted by Crippen LogP contribution is 2.18. The Morgan fingerprint density at radius 3 is 2.63 bits per heavy atom. The second-order valence-electron chi connectivity index (χ2n) is 5.51. The molecule has 0 aliphatic rings. The lowest BCUT2D eigenvalue weighted by atomic mass is 10.1. The van der Waals surface area contributed by atoms with Crippen molar-refractivity contribution in [1.29, 1.82) is 0 Å². The minimum absolute atomic E-state index is 0.0151. The van der Waals surface area contributed by atoms with Crippen molar-refractivity contribution in [2.75, 3.05) is 11.9 Å². The highest BCUT2D eigenvalue weighted by molar-refractivity contribution is 9.10. The number of carbonyl (C=O) groups excluding carboxylic acids is 3. The monoisotopic (exact) mass is 433 g/mol. The van der Waals surface area contributed by atoms with Crippen molar-refractivity contribution in [2.24, 2.45) is 5.73 Å². The molecular weight excluding hydrogens is 417 g/mol. The van der Waals surface area contributed by atoms with Gasteiger partial charge in [-0.3, -0.25) is 14.4 Å². The number of hydrogen-bond donors (Lipinski definition) is 3. The molecule has 0 saturated carbocycles. The number of amides is 3. The molecule has 6 nitrogen and oxygen atoms in total. The third kappa shape index (κ3) is 6.34. The first-order valence-corrected chi connectivity index (χ1v) is 8.76. The Kier molecular flexibility index (Phi) is 7.25. The molecule has 27 heavy (non-hydrogen) atoms. The topological polar surface area (TPSA) is 101 Å². The number of para-hydroxylation sites is 1. The fraction of sp³-hybridized carbons (Fsp3) is 0.105. The predicted molar refractivity (Wildman–Crippen MR) is 104 cm³/mol. The standard InChI is InChI=1S/C19H17BrFN3O3/c20-13-6-7-15(21)12(11-13)5-8-18(26)24-16-4-2-1-3-14(16)19(27)23-10-9-17(22)25/h1-8,11H,9-10H2,(H2,22,25)(H,23,27)(H,24,26)/b8-5+. The van der Waals surface area contributed by atoms with Gasteiger partial charge in [-0.15, -0.1) is 0 Å². The number of hydrogen-bond acceptors (Lipinski definition) is 3. The van der Waals surface area contributed by atoms with Gasteiger partial charge < -0.3 is 16.4 Å². The van der Waals surface area contributed by atoms with E-state index in [2.05, 4.69) is 26.6 Å². The van der Waals surface area contributed by atoms with Gasteiger partial charge >= 0.3 is 0 Å². The average molecular weight is 434 g/mol. The summed E-state index contributed by atoms with van der Waals surface area (Å²) < 4.78 is 14.4. The Morgan fingerprint density at radius 2 is 1.89 bits per heavy atom. The molecule has 0 aliphatic heterocycles. The van der Waals surface area contributed by atoms with Crippen molar-refractivity contribution in [3.05, 3.63) is 70.0 Å². The molecule has 0 fully saturated rings. The maximum absolute atomic E-state index is 13.7. The summed E-state index contributed by atoms with van der Waals surface area (Å²) >= 11 is 3.24. The summed E-state index contributed by atoms with van der Waals surface area (Å²) in [6.45, 7) is 0.0957. The van der Waals surface area contributed by atoms with E-state index in [-0.39, 0.29) is 24.1 Å². The van der Waals surface area contributed by atoms with E-state index in [1.54, 1.807) is 30.3 Å². The van der Waals surface area contributed by atoms with E-state index in [1.807, 2.05) is 0 Å². The van der Waals surface area contributed by atoms with Crippen molar-refractivity contribution >= 4 is 45.4 Å². The van der Waals surface area contributed by atoms with Gasteiger partial charge in [-0.2, -0.15) is 0 Å². The molecule has 2 aromatic rings. The lowest BCUT2D eigenvalue weighted by Gasteiger charge is -2.10. The normalized spacial score (nSPS) is 10.6. The van der Waals surface area contributed by atoms with Gasteiger partial charge in [0.25, 0.3) is 5.91 Å². The third-order valence-electron chi connectivity index (χ3n) is 3.46. The summed E-state index contributed by atoms with van der Waals surface area (Å²) in [5.74, 6) is -1.96. The van der Waals surface area contributed by atoms with E-state index < -0.39 is 23.5 Å². The Morgan fingerprint density at radius 1 is 1.15 bits per heavy atom. The van der Waals surface area contributed by atoms with E-state index in [4.69, 9.17) is 5.73 Å². The molecule has 0 radical (unpaired) electrons. The van der Waals surface area contributed by atoms with Crippen molar-refractivity contribution in [1.82, 2.24) is 5.32 Å². The number of nitrogens with two attached hydrogens (primary N) is 1. The lowest BCUT2D eigenvalue weighted by Crippen LogP contribution is -2.28. The highest BCUT2D eigenvalue weighted by atomic mass is 79.9. The second-order valence-corrected chi connectivity index (χ2v) is 6.42. The summed E-state index contributed by atoms with van der Waals surface area (Å²) in [6.07, 6.45) is 2.53. The predicted octanol–water partition coefficient (Wildman–Crippen LogP) is 2.85. The molecule has 2 rings (SSSR count). The summed E-state index contributed by atoms with van der Waals surface area (Å²) in [4.78, 5) is 35.1. The van der Waals surface area contributed by atoms with Gasteiger partial charge in [0.2, 0.25) is 11.8 Å². The number of anilines is 1. The summed E-state index contributed by atoms with van der Waals surface area (Å²) in [5, 5.41) is 5.13. The second kappa shape index (κ2) is 9.63. The first-order chi connectivity index (χ1) is 12.9. The zero-order valence-electron chi connectivity index (χ0n) is 14.2. The van der Waals surface area contributed by atoms with Gasteiger partial charge in [-0.1, -0.05) is 28.1 Å². The van der Waals surface area contributed by atoms with E-state index in [1.165, 1.54) is 24.3 Å². The Bertz CT molecular complexity index is 900. The van der Waals surface area contributed by atoms with Crippen LogP contribution < -0.4 is 16.4 Å². The van der Waals surface area contributed by atoms with Crippen LogP contribution in [0.1, 0.15) is 22.3 Å². The first kappa shape index (κ1) is 20.3. The quantitative estimate of drug-likeness (QED) is 0.585. The maximum Gasteiger partial charge on any atom is 0.253 e. The molecule has 140 valence electrons. The first-order valence-electron chi connectivity index (χ1n) is 7.96. The van der Waals surface area contributed by atoms with Crippen molar-refractivity contribution < 1.29 is 18.8 Å². The van der Waals surface area contributed by atoms with Crippen LogP contribution in [0.25, 0.3) is 6.08 Å².